The van der Waals surface area contributed by atoms with E-state index in [2.05, 4.69) is 19.9 Å². The average Bonchev–Trinajstić information content (AvgIpc) is 2.88. The summed E-state index contributed by atoms with van der Waals surface area (Å²) in [6.07, 6.45) is -2.75. The lowest BCUT2D eigenvalue weighted by Gasteiger charge is -2.35. The number of morpholine rings is 1. The normalized spacial score (nSPS) is 17.2. The summed E-state index contributed by atoms with van der Waals surface area (Å²) in [5.41, 5.74) is -1.06. The molecule has 6 nitrogen and oxygen atoms in total. The molecule has 0 atom stereocenters. The van der Waals surface area contributed by atoms with Gasteiger partial charge in [0.15, 0.2) is 5.69 Å². The molecule has 1 amide bonds. The van der Waals surface area contributed by atoms with Crippen LogP contribution in [0.4, 0.5) is 8.78 Å². The van der Waals surface area contributed by atoms with E-state index in [1.807, 2.05) is 13.8 Å². The number of alkyl halides is 2. The summed E-state index contributed by atoms with van der Waals surface area (Å²) in [6.45, 7) is 7.31. The first-order valence-electron chi connectivity index (χ1n) is 6.75. The Bertz CT molecular complexity index is 485. The largest absolute Gasteiger partial charge is 0.379 e. The minimum atomic E-state index is -2.75. The Morgan fingerprint density at radius 3 is 2.71 bits per heavy atom. The number of amides is 1. The number of carbonyl (C=O) groups is 1. The van der Waals surface area contributed by atoms with Crippen molar-refractivity contribution in [2.75, 3.05) is 32.8 Å². The van der Waals surface area contributed by atoms with E-state index in [0.717, 1.165) is 19.2 Å². The topological polar surface area (TPSA) is 67.6 Å². The molecular formula is C13H19F2N3O3. The van der Waals surface area contributed by atoms with Gasteiger partial charge in [-0.1, -0.05) is 5.16 Å². The summed E-state index contributed by atoms with van der Waals surface area (Å²) in [4.78, 5) is 14.2. The Morgan fingerprint density at radius 1 is 1.48 bits per heavy atom. The van der Waals surface area contributed by atoms with Gasteiger partial charge < -0.3 is 14.6 Å². The summed E-state index contributed by atoms with van der Waals surface area (Å²) in [5, 5.41) is 5.94. The number of carbonyl (C=O) groups excluding carboxylic acids is 1. The third-order valence-electron chi connectivity index (χ3n) is 3.15. The third kappa shape index (κ3) is 4.47. The number of halogens is 2. The number of ether oxygens (including phenoxy) is 1. The van der Waals surface area contributed by atoms with Crippen molar-refractivity contribution in [1.82, 2.24) is 15.4 Å². The van der Waals surface area contributed by atoms with Crippen LogP contribution < -0.4 is 5.32 Å². The van der Waals surface area contributed by atoms with Crippen molar-refractivity contribution in [3.63, 3.8) is 0 Å². The van der Waals surface area contributed by atoms with Gasteiger partial charge in [-0.2, -0.15) is 0 Å². The fraction of sp³-hybridized carbons (Fsp3) is 0.692. The lowest BCUT2D eigenvalue weighted by Crippen LogP contribution is -2.53. The number of aromatic nitrogens is 1. The zero-order chi connectivity index (χ0) is 15.5. The van der Waals surface area contributed by atoms with Crippen LogP contribution in [0.2, 0.25) is 0 Å². The third-order valence-corrected chi connectivity index (χ3v) is 3.15. The van der Waals surface area contributed by atoms with Crippen molar-refractivity contribution >= 4 is 5.91 Å². The van der Waals surface area contributed by atoms with Gasteiger partial charge in [-0.05, 0) is 13.8 Å². The number of rotatable bonds is 5. The predicted octanol–water partition coefficient (Wildman–Crippen LogP) is 1.45. The zero-order valence-corrected chi connectivity index (χ0v) is 12.1. The lowest BCUT2D eigenvalue weighted by molar-refractivity contribution is 0.0267. The molecule has 2 heterocycles. The van der Waals surface area contributed by atoms with E-state index in [4.69, 9.17) is 4.74 Å². The first kappa shape index (κ1) is 15.8. The highest BCUT2D eigenvalue weighted by Gasteiger charge is 2.27. The van der Waals surface area contributed by atoms with E-state index in [1.54, 1.807) is 0 Å². The van der Waals surface area contributed by atoms with Crippen LogP contribution in [0.15, 0.2) is 10.6 Å². The summed E-state index contributed by atoms with van der Waals surface area (Å²) in [5.74, 6) is -0.756. The first-order valence-corrected chi connectivity index (χ1v) is 6.75. The molecule has 118 valence electrons. The molecule has 1 aromatic heterocycles. The molecule has 0 bridgehead atoms. The first-order chi connectivity index (χ1) is 9.87. The maximum Gasteiger partial charge on any atom is 0.290 e. The Hall–Kier alpha value is -1.54. The molecule has 1 fully saturated rings. The highest BCUT2D eigenvalue weighted by atomic mass is 19.3. The van der Waals surface area contributed by atoms with Gasteiger partial charge in [-0.15, -0.1) is 0 Å². The number of nitrogens with zero attached hydrogens (tertiary/aromatic N) is 2. The SMILES string of the molecule is CC(C)(CN1CCOCC1)NC(=O)c1cc(C(F)F)no1. The van der Waals surface area contributed by atoms with Gasteiger partial charge in [0, 0.05) is 31.2 Å². The van der Waals surface area contributed by atoms with Crippen LogP contribution >= 0.6 is 0 Å². The van der Waals surface area contributed by atoms with Gasteiger partial charge in [-0.25, -0.2) is 8.78 Å². The smallest absolute Gasteiger partial charge is 0.290 e. The maximum atomic E-state index is 12.4. The lowest BCUT2D eigenvalue weighted by atomic mass is 10.0. The predicted molar refractivity (Wildman–Crippen MR) is 70.3 cm³/mol. The van der Waals surface area contributed by atoms with E-state index < -0.39 is 23.6 Å². The minimum absolute atomic E-state index is 0.208. The van der Waals surface area contributed by atoms with E-state index in [1.165, 1.54) is 0 Å². The molecule has 0 spiro atoms. The van der Waals surface area contributed by atoms with Gasteiger partial charge in [0.1, 0.15) is 0 Å². The second-order valence-corrected chi connectivity index (χ2v) is 5.64. The van der Waals surface area contributed by atoms with Gasteiger partial charge in [0.2, 0.25) is 5.76 Å². The fourth-order valence-electron chi connectivity index (χ4n) is 2.23. The number of hydrogen-bond acceptors (Lipinski definition) is 5. The summed E-state index contributed by atoms with van der Waals surface area (Å²) in [6, 6.07) is 0.963. The van der Waals surface area contributed by atoms with Gasteiger partial charge in [0.05, 0.1) is 13.2 Å². The highest BCUT2D eigenvalue weighted by Crippen LogP contribution is 2.18. The van der Waals surface area contributed by atoms with Gasteiger partial charge in [-0.3, -0.25) is 9.69 Å². The van der Waals surface area contributed by atoms with Crippen molar-refractivity contribution < 1.29 is 22.8 Å². The van der Waals surface area contributed by atoms with Crippen LogP contribution in [0.1, 0.15) is 36.5 Å². The Morgan fingerprint density at radius 2 is 2.14 bits per heavy atom. The molecule has 0 radical (unpaired) electrons. The van der Waals surface area contributed by atoms with Crippen molar-refractivity contribution in [1.29, 1.82) is 0 Å². The number of hydrogen-bond donors (Lipinski definition) is 1. The van der Waals surface area contributed by atoms with Gasteiger partial charge in [0.25, 0.3) is 12.3 Å². The second kappa shape index (κ2) is 6.48. The molecule has 1 N–H and O–H groups in total. The Labute approximate surface area is 121 Å². The van der Waals surface area contributed by atoms with Crippen LogP contribution in [0, 0.1) is 0 Å². The maximum absolute atomic E-state index is 12.4. The van der Waals surface area contributed by atoms with Gasteiger partial charge >= 0.3 is 0 Å². The molecular weight excluding hydrogens is 284 g/mol. The van der Waals surface area contributed by atoms with Crippen molar-refractivity contribution in [3.05, 3.63) is 17.5 Å². The van der Waals surface area contributed by atoms with Crippen molar-refractivity contribution in [3.8, 4) is 0 Å². The van der Waals surface area contributed by atoms with Crippen molar-refractivity contribution in [2.24, 2.45) is 0 Å². The molecule has 1 aromatic rings. The van der Waals surface area contributed by atoms with Crippen LogP contribution in [0.3, 0.4) is 0 Å². The van der Waals surface area contributed by atoms with Crippen LogP contribution in [-0.4, -0.2) is 54.4 Å². The monoisotopic (exact) mass is 303 g/mol. The van der Waals surface area contributed by atoms with E-state index in [-0.39, 0.29) is 5.76 Å². The summed E-state index contributed by atoms with van der Waals surface area (Å²) < 4.78 is 34.8. The molecule has 0 aromatic carbocycles. The molecule has 21 heavy (non-hydrogen) atoms. The molecule has 8 heteroatoms. The summed E-state index contributed by atoms with van der Waals surface area (Å²) in [7, 11) is 0. The average molecular weight is 303 g/mol. The molecule has 0 aliphatic carbocycles. The van der Waals surface area contributed by atoms with E-state index >= 15 is 0 Å². The molecule has 1 aliphatic heterocycles. The zero-order valence-electron chi connectivity index (χ0n) is 12.1. The van der Waals surface area contributed by atoms with Crippen LogP contribution in [0.25, 0.3) is 0 Å². The Balaban J connectivity index is 1.92. The van der Waals surface area contributed by atoms with E-state index in [0.29, 0.717) is 19.8 Å². The molecule has 0 unspecified atom stereocenters. The molecule has 2 rings (SSSR count). The second-order valence-electron chi connectivity index (χ2n) is 5.64. The molecule has 0 saturated carbocycles. The van der Waals surface area contributed by atoms with E-state index in [9.17, 15) is 13.6 Å². The quantitative estimate of drug-likeness (QED) is 0.892. The Kier molecular flexibility index (Phi) is 4.89. The standard InChI is InChI=1S/C13H19F2N3O3/c1-13(2,8-18-3-5-20-6-4-18)16-12(19)10-7-9(11(14)15)17-21-10/h7,11H,3-6,8H2,1-2H3,(H,16,19). The summed E-state index contributed by atoms with van der Waals surface area (Å²) >= 11 is 0. The molecule has 1 aliphatic rings. The molecule has 1 saturated heterocycles. The highest BCUT2D eigenvalue weighted by molar-refractivity contribution is 5.91. The van der Waals surface area contributed by atoms with Crippen molar-refractivity contribution in [2.45, 2.75) is 25.8 Å². The minimum Gasteiger partial charge on any atom is -0.379 e. The fourth-order valence-corrected chi connectivity index (χ4v) is 2.23. The van der Waals surface area contributed by atoms with Crippen LogP contribution in [0.5, 0.6) is 0 Å². The van der Waals surface area contributed by atoms with Crippen LogP contribution in [-0.2, 0) is 4.74 Å². The number of nitrogens with one attached hydrogen (secondary N) is 1.